The number of methoxy groups -OCH3 is 1. The zero-order valence-corrected chi connectivity index (χ0v) is 19.3. The van der Waals surface area contributed by atoms with E-state index in [0.29, 0.717) is 25.7 Å². The molecular weight excluding hydrogens is 481 g/mol. The highest BCUT2D eigenvalue weighted by atomic mass is 127. The number of benzene rings is 1. The van der Waals surface area contributed by atoms with E-state index in [1.165, 1.54) is 6.26 Å². The fourth-order valence-corrected chi connectivity index (χ4v) is 4.25. The molecule has 0 saturated heterocycles. The first-order valence-corrected chi connectivity index (χ1v) is 10.8. The molecule has 0 aromatic heterocycles. The average Bonchev–Trinajstić information content (AvgIpc) is 3.33. The van der Waals surface area contributed by atoms with Crippen LogP contribution in [0.2, 0.25) is 0 Å². The zero-order valence-electron chi connectivity index (χ0n) is 16.2. The Bertz CT molecular complexity index is 721. The van der Waals surface area contributed by atoms with Gasteiger partial charge in [0.2, 0.25) is 0 Å². The predicted octanol–water partition coefficient (Wildman–Crippen LogP) is 2.53. The number of nitrogens with zero attached hydrogens (tertiary/aromatic N) is 1. The van der Waals surface area contributed by atoms with E-state index in [-0.39, 0.29) is 35.1 Å². The molecule has 1 aliphatic rings. The zero-order chi connectivity index (χ0) is 19.0. The minimum absolute atomic E-state index is 0. The second-order valence-corrected chi connectivity index (χ2v) is 8.98. The SMILES string of the molecule is CN=C(NCC1(CS(C)(=O)=O)CC1)Nc1cccc(OCCCOC)c1.I. The molecule has 1 fully saturated rings. The van der Waals surface area contributed by atoms with Gasteiger partial charge in [0.25, 0.3) is 0 Å². The van der Waals surface area contributed by atoms with Gasteiger partial charge in [0, 0.05) is 57.2 Å². The molecule has 0 radical (unpaired) electrons. The van der Waals surface area contributed by atoms with Gasteiger partial charge in [-0.15, -0.1) is 24.0 Å². The van der Waals surface area contributed by atoms with Crippen LogP contribution in [0.3, 0.4) is 0 Å². The van der Waals surface area contributed by atoms with E-state index in [1.807, 2.05) is 24.3 Å². The Kier molecular flexibility index (Phi) is 9.82. The molecule has 27 heavy (non-hydrogen) atoms. The highest BCUT2D eigenvalue weighted by molar-refractivity contribution is 14.0. The topological polar surface area (TPSA) is 89.0 Å². The quantitative estimate of drug-likeness (QED) is 0.217. The molecule has 7 nitrogen and oxygen atoms in total. The number of sulfone groups is 1. The minimum Gasteiger partial charge on any atom is -0.493 e. The van der Waals surface area contributed by atoms with Crippen LogP contribution >= 0.6 is 24.0 Å². The van der Waals surface area contributed by atoms with Crippen molar-refractivity contribution < 1.29 is 17.9 Å². The number of guanidine groups is 1. The maximum atomic E-state index is 11.6. The molecule has 1 aliphatic carbocycles. The number of anilines is 1. The third-order valence-corrected chi connectivity index (χ3v) is 5.37. The van der Waals surface area contributed by atoms with Crippen molar-refractivity contribution in [2.45, 2.75) is 19.3 Å². The summed E-state index contributed by atoms with van der Waals surface area (Å²) in [7, 11) is 0.385. The van der Waals surface area contributed by atoms with Crippen molar-refractivity contribution in [3.05, 3.63) is 24.3 Å². The molecule has 0 bridgehead atoms. The van der Waals surface area contributed by atoms with Gasteiger partial charge >= 0.3 is 0 Å². The van der Waals surface area contributed by atoms with Crippen molar-refractivity contribution in [2.24, 2.45) is 10.4 Å². The molecule has 1 aromatic rings. The number of nitrogens with one attached hydrogen (secondary N) is 2. The lowest BCUT2D eigenvalue weighted by Gasteiger charge is -2.18. The van der Waals surface area contributed by atoms with Crippen LogP contribution in [0.15, 0.2) is 29.3 Å². The smallest absolute Gasteiger partial charge is 0.195 e. The van der Waals surface area contributed by atoms with E-state index in [0.717, 1.165) is 30.7 Å². The molecule has 2 rings (SSSR count). The molecule has 0 amide bonds. The van der Waals surface area contributed by atoms with Crippen molar-refractivity contribution >= 4 is 45.5 Å². The van der Waals surface area contributed by atoms with Gasteiger partial charge in [-0.2, -0.15) is 0 Å². The summed E-state index contributed by atoms with van der Waals surface area (Å²) in [6.45, 7) is 1.86. The molecular formula is C18H30IN3O4S. The Balaban J connectivity index is 0.00000364. The number of rotatable bonds is 10. The Morgan fingerprint density at radius 2 is 2.04 bits per heavy atom. The Morgan fingerprint density at radius 1 is 1.30 bits per heavy atom. The first-order valence-electron chi connectivity index (χ1n) is 8.73. The predicted molar refractivity (Wildman–Crippen MR) is 120 cm³/mol. The number of halogens is 1. The lowest BCUT2D eigenvalue weighted by molar-refractivity contribution is 0.172. The maximum Gasteiger partial charge on any atom is 0.195 e. The van der Waals surface area contributed by atoms with Crippen molar-refractivity contribution in [2.75, 3.05) is 51.2 Å². The summed E-state index contributed by atoms with van der Waals surface area (Å²) in [6.07, 6.45) is 3.97. The second-order valence-electron chi connectivity index (χ2n) is 6.84. The van der Waals surface area contributed by atoms with Crippen molar-refractivity contribution in [1.29, 1.82) is 0 Å². The Morgan fingerprint density at radius 3 is 2.63 bits per heavy atom. The molecule has 1 aromatic carbocycles. The third kappa shape index (κ3) is 9.11. The van der Waals surface area contributed by atoms with Crippen molar-refractivity contribution in [3.8, 4) is 5.75 Å². The summed E-state index contributed by atoms with van der Waals surface area (Å²) < 4.78 is 33.8. The lowest BCUT2D eigenvalue weighted by Crippen LogP contribution is -2.37. The summed E-state index contributed by atoms with van der Waals surface area (Å²) in [5.74, 6) is 1.60. The second kappa shape index (κ2) is 11.1. The third-order valence-electron chi connectivity index (χ3n) is 4.24. The number of ether oxygens (including phenoxy) is 2. The van der Waals surface area contributed by atoms with Crippen LogP contribution in [0.1, 0.15) is 19.3 Å². The lowest BCUT2D eigenvalue weighted by atomic mass is 10.1. The van der Waals surface area contributed by atoms with E-state index in [4.69, 9.17) is 9.47 Å². The van der Waals surface area contributed by atoms with Crippen LogP contribution in [0.5, 0.6) is 5.75 Å². The van der Waals surface area contributed by atoms with E-state index in [9.17, 15) is 8.42 Å². The molecule has 0 atom stereocenters. The number of hydrogen-bond acceptors (Lipinski definition) is 5. The monoisotopic (exact) mass is 511 g/mol. The summed E-state index contributed by atoms with van der Waals surface area (Å²) in [4.78, 5) is 4.21. The average molecular weight is 511 g/mol. The van der Waals surface area contributed by atoms with Gasteiger partial charge < -0.3 is 20.1 Å². The van der Waals surface area contributed by atoms with Crippen LogP contribution in [0.4, 0.5) is 5.69 Å². The van der Waals surface area contributed by atoms with Crippen molar-refractivity contribution in [1.82, 2.24) is 5.32 Å². The first kappa shape index (κ1) is 24.0. The van der Waals surface area contributed by atoms with E-state index in [2.05, 4.69) is 15.6 Å². The maximum absolute atomic E-state index is 11.6. The van der Waals surface area contributed by atoms with Gasteiger partial charge in [-0.1, -0.05) is 6.07 Å². The van der Waals surface area contributed by atoms with Crippen LogP contribution in [-0.2, 0) is 14.6 Å². The van der Waals surface area contributed by atoms with Crippen molar-refractivity contribution in [3.63, 3.8) is 0 Å². The molecule has 0 spiro atoms. The van der Waals surface area contributed by atoms with Gasteiger partial charge in [-0.25, -0.2) is 8.42 Å². The molecule has 0 heterocycles. The van der Waals surface area contributed by atoms with E-state index < -0.39 is 9.84 Å². The molecule has 9 heteroatoms. The molecule has 2 N–H and O–H groups in total. The molecule has 1 saturated carbocycles. The van der Waals surface area contributed by atoms with Gasteiger partial charge in [0.15, 0.2) is 5.96 Å². The largest absolute Gasteiger partial charge is 0.493 e. The van der Waals surface area contributed by atoms with Gasteiger partial charge in [0.1, 0.15) is 15.6 Å². The molecule has 154 valence electrons. The molecule has 0 aliphatic heterocycles. The fraction of sp³-hybridized carbons (Fsp3) is 0.611. The van der Waals surface area contributed by atoms with Gasteiger partial charge in [-0.3, -0.25) is 4.99 Å². The highest BCUT2D eigenvalue weighted by Crippen LogP contribution is 2.46. The number of hydrogen-bond donors (Lipinski definition) is 2. The Hall–Kier alpha value is -1.07. The first-order chi connectivity index (χ1) is 12.4. The molecule has 0 unspecified atom stereocenters. The minimum atomic E-state index is -2.98. The van der Waals surface area contributed by atoms with Crippen LogP contribution in [0, 0.1) is 5.41 Å². The fourth-order valence-electron chi connectivity index (χ4n) is 2.75. The normalized spacial score (nSPS) is 15.6. The highest BCUT2D eigenvalue weighted by Gasteiger charge is 2.45. The van der Waals surface area contributed by atoms with Crippen LogP contribution in [-0.4, -0.2) is 60.3 Å². The van der Waals surface area contributed by atoms with Gasteiger partial charge in [-0.05, 0) is 25.0 Å². The summed E-state index contributed by atoms with van der Waals surface area (Å²) >= 11 is 0. The summed E-state index contributed by atoms with van der Waals surface area (Å²) in [5, 5.41) is 6.46. The Labute approximate surface area is 179 Å². The summed E-state index contributed by atoms with van der Waals surface area (Å²) in [6, 6.07) is 7.65. The summed E-state index contributed by atoms with van der Waals surface area (Å²) in [5.41, 5.74) is 0.702. The van der Waals surface area contributed by atoms with E-state index >= 15 is 0 Å². The van der Waals surface area contributed by atoms with Crippen LogP contribution < -0.4 is 15.4 Å². The van der Waals surface area contributed by atoms with Crippen LogP contribution in [0.25, 0.3) is 0 Å². The standard InChI is InChI=1S/C18H29N3O4S.HI/c1-19-17(20-13-18(8-9-18)14-26(3,22)23)21-15-6-4-7-16(12-15)25-11-5-10-24-2;/h4,6-7,12H,5,8-11,13-14H2,1-3H3,(H2,19,20,21);1H. The number of aliphatic imine (C=N–C) groups is 1. The van der Waals surface area contributed by atoms with E-state index in [1.54, 1.807) is 14.2 Å². The van der Waals surface area contributed by atoms with Gasteiger partial charge in [0.05, 0.1) is 12.4 Å².